The van der Waals surface area contributed by atoms with E-state index >= 15 is 0 Å². The minimum absolute atomic E-state index is 0.220. The lowest BCUT2D eigenvalue weighted by Gasteiger charge is -2.50. The quantitative estimate of drug-likeness (QED) is 0.833. The smallest absolute Gasteiger partial charge is 0.0703 e. The molecule has 3 atom stereocenters. The number of nitrogens with zero attached hydrogens (tertiary/aromatic N) is 1. The molecular formula is C16H32N2O. The van der Waals surface area contributed by atoms with Crippen molar-refractivity contribution in [2.24, 2.45) is 17.6 Å². The molecule has 2 N–H and O–H groups in total. The summed E-state index contributed by atoms with van der Waals surface area (Å²) in [6.07, 6.45) is 6.77. The first-order valence-electron chi connectivity index (χ1n) is 8.16. The molecule has 3 heteroatoms. The molecule has 3 unspecified atom stereocenters. The van der Waals surface area contributed by atoms with E-state index in [-0.39, 0.29) is 5.54 Å². The number of hydrogen-bond donors (Lipinski definition) is 1. The summed E-state index contributed by atoms with van der Waals surface area (Å²) in [6.45, 7) is 11.0. The van der Waals surface area contributed by atoms with E-state index in [1.54, 1.807) is 0 Å². The number of hydrogen-bond acceptors (Lipinski definition) is 3. The van der Waals surface area contributed by atoms with Gasteiger partial charge in [0.1, 0.15) is 0 Å². The fourth-order valence-corrected chi connectivity index (χ4v) is 4.48. The molecule has 2 rings (SSSR count). The van der Waals surface area contributed by atoms with E-state index in [9.17, 15) is 0 Å². The lowest BCUT2D eigenvalue weighted by molar-refractivity contribution is -0.0142. The third kappa shape index (κ3) is 3.50. The van der Waals surface area contributed by atoms with Crippen molar-refractivity contribution in [1.82, 2.24) is 4.90 Å². The SMILES string of the molecule is CCN(CC1CCCO1)C1(CN)CC(C)CC(C)C1. The number of nitrogens with two attached hydrogens (primary N) is 1. The summed E-state index contributed by atoms with van der Waals surface area (Å²) in [5.74, 6) is 1.59. The van der Waals surface area contributed by atoms with E-state index in [4.69, 9.17) is 10.5 Å². The summed E-state index contributed by atoms with van der Waals surface area (Å²) in [5, 5.41) is 0. The average Bonchev–Trinajstić information content (AvgIpc) is 2.87. The van der Waals surface area contributed by atoms with E-state index < -0.39 is 0 Å². The maximum Gasteiger partial charge on any atom is 0.0703 e. The Bertz CT molecular complexity index is 266. The van der Waals surface area contributed by atoms with Gasteiger partial charge in [-0.3, -0.25) is 4.90 Å². The molecule has 0 aromatic rings. The van der Waals surface area contributed by atoms with Crippen LogP contribution in [0.1, 0.15) is 52.9 Å². The molecule has 0 aromatic carbocycles. The molecule has 0 spiro atoms. The van der Waals surface area contributed by atoms with Gasteiger partial charge in [-0.1, -0.05) is 20.8 Å². The van der Waals surface area contributed by atoms with Crippen LogP contribution in [0.3, 0.4) is 0 Å². The van der Waals surface area contributed by atoms with E-state index in [1.165, 1.54) is 32.1 Å². The molecule has 112 valence electrons. The third-order valence-corrected chi connectivity index (χ3v) is 5.14. The van der Waals surface area contributed by atoms with Crippen molar-refractivity contribution in [3.05, 3.63) is 0 Å². The Hall–Kier alpha value is -0.120. The number of rotatable bonds is 5. The highest BCUT2D eigenvalue weighted by atomic mass is 16.5. The molecule has 1 saturated carbocycles. The van der Waals surface area contributed by atoms with Gasteiger partial charge in [0.05, 0.1) is 6.10 Å². The van der Waals surface area contributed by atoms with Gasteiger partial charge in [-0.25, -0.2) is 0 Å². The zero-order valence-electron chi connectivity index (χ0n) is 13.0. The molecule has 1 heterocycles. The Balaban J connectivity index is 2.07. The summed E-state index contributed by atoms with van der Waals surface area (Å²) < 4.78 is 5.84. The molecule has 1 aliphatic carbocycles. The van der Waals surface area contributed by atoms with Gasteiger partial charge >= 0.3 is 0 Å². The molecule has 0 radical (unpaired) electrons. The van der Waals surface area contributed by atoms with Crippen LogP contribution in [0, 0.1) is 11.8 Å². The minimum atomic E-state index is 0.220. The fourth-order valence-electron chi connectivity index (χ4n) is 4.48. The van der Waals surface area contributed by atoms with Gasteiger partial charge in [-0.2, -0.15) is 0 Å². The first kappa shape index (κ1) is 15.3. The zero-order chi connectivity index (χ0) is 13.9. The lowest BCUT2D eigenvalue weighted by atomic mass is 9.70. The van der Waals surface area contributed by atoms with Crippen LogP contribution >= 0.6 is 0 Å². The van der Waals surface area contributed by atoms with Gasteiger partial charge in [-0.05, 0) is 50.5 Å². The zero-order valence-corrected chi connectivity index (χ0v) is 13.0. The molecule has 1 aliphatic heterocycles. The van der Waals surface area contributed by atoms with Crippen LogP contribution in [0.5, 0.6) is 0 Å². The van der Waals surface area contributed by atoms with Gasteiger partial charge in [0.15, 0.2) is 0 Å². The average molecular weight is 268 g/mol. The summed E-state index contributed by atoms with van der Waals surface area (Å²) >= 11 is 0. The summed E-state index contributed by atoms with van der Waals surface area (Å²) in [5.41, 5.74) is 6.45. The van der Waals surface area contributed by atoms with Crippen LogP contribution in [0.25, 0.3) is 0 Å². The van der Waals surface area contributed by atoms with Crippen molar-refractivity contribution in [1.29, 1.82) is 0 Å². The Morgan fingerprint density at radius 2 is 1.95 bits per heavy atom. The largest absolute Gasteiger partial charge is 0.377 e. The lowest BCUT2D eigenvalue weighted by Crippen LogP contribution is -2.59. The second kappa shape index (κ2) is 6.55. The fraction of sp³-hybridized carbons (Fsp3) is 1.00. The first-order chi connectivity index (χ1) is 9.09. The Kier molecular flexibility index (Phi) is 5.27. The Morgan fingerprint density at radius 1 is 1.26 bits per heavy atom. The van der Waals surface area contributed by atoms with Crippen LogP contribution in [0.15, 0.2) is 0 Å². The second-order valence-corrected chi connectivity index (χ2v) is 6.96. The highest BCUT2D eigenvalue weighted by molar-refractivity contribution is 4.98. The normalized spacial score (nSPS) is 39.9. The molecule has 19 heavy (non-hydrogen) atoms. The number of ether oxygens (including phenoxy) is 1. The van der Waals surface area contributed by atoms with Crippen LogP contribution in [-0.4, -0.2) is 42.8 Å². The van der Waals surface area contributed by atoms with Gasteiger partial charge in [0, 0.05) is 25.2 Å². The highest BCUT2D eigenvalue weighted by Gasteiger charge is 2.41. The van der Waals surface area contributed by atoms with Gasteiger partial charge in [0.2, 0.25) is 0 Å². The van der Waals surface area contributed by atoms with Crippen molar-refractivity contribution in [2.45, 2.75) is 64.5 Å². The Morgan fingerprint density at radius 3 is 2.42 bits per heavy atom. The van der Waals surface area contributed by atoms with Gasteiger partial charge in [-0.15, -0.1) is 0 Å². The molecule has 1 saturated heterocycles. The monoisotopic (exact) mass is 268 g/mol. The standard InChI is InChI=1S/C16H32N2O/c1-4-18(11-15-6-5-7-19-15)16(12-17)9-13(2)8-14(3)10-16/h13-15H,4-12,17H2,1-3H3. The molecule has 0 amide bonds. The first-order valence-corrected chi connectivity index (χ1v) is 8.16. The Labute approximate surface area is 118 Å². The van der Waals surface area contributed by atoms with Crippen LogP contribution < -0.4 is 5.73 Å². The molecule has 2 fully saturated rings. The maximum absolute atomic E-state index is 6.23. The predicted octanol–water partition coefficient (Wildman–Crippen LogP) is 2.64. The molecule has 0 aromatic heterocycles. The van der Waals surface area contributed by atoms with E-state index in [2.05, 4.69) is 25.7 Å². The molecule has 3 nitrogen and oxygen atoms in total. The van der Waals surface area contributed by atoms with Crippen molar-refractivity contribution in [3.63, 3.8) is 0 Å². The van der Waals surface area contributed by atoms with Crippen molar-refractivity contribution >= 4 is 0 Å². The molecule has 0 bridgehead atoms. The summed E-state index contributed by atoms with van der Waals surface area (Å²) in [4.78, 5) is 2.63. The van der Waals surface area contributed by atoms with E-state index in [0.29, 0.717) is 6.10 Å². The van der Waals surface area contributed by atoms with Crippen molar-refractivity contribution in [3.8, 4) is 0 Å². The van der Waals surface area contributed by atoms with Crippen LogP contribution in [0.4, 0.5) is 0 Å². The van der Waals surface area contributed by atoms with E-state index in [1.807, 2.05) is 0 Å². The van der Waals surface area contributed by atoms with Gasteiger partial charge in [0.25, 0.3) is 0 Å². The topological polar surface area (TPSA) is 38.5 Å². The van der Waals surface area contributed by atoms with Crippen molar-refractivity contribution < 1.29 is 4.74 Å². The molecule has 2 aliphatic rings. The summed E-state index contributed by atoms with van der Waals surface area (Å²) in [7, 11) is 0. The number of likely N-dealkylation sites (N-methyl/N-ethyl adjacent to an activating group) is 1. The van der Waals surface area contributed by atoms with Crippen LogP contribution in [0.2, 0.25) is 0 Å². The maximum atomic E-state index is 6.23. The van der Waals surface area contributed by atoms with Crippen molar-refractivity contribution in [2.75, 3.05) is 26.2 Å². The molecular weight excluding hydrogens is 236 g/mol. The second-order valence-electron chi connectivity index (χ2n) is 6.96. The highest BCUT2D eigenvalue weighted by Crippen LogP contribution is 2.39. The van der Waals surface area contributed by atoms with E-state index in [0.717, 1.165) is 38.1 Å². The van der Waals surface area contributed by atoms with Crippen LogP contribution in [-0.2, 0) is 4.74 Å². The third-order valence-electron chi connectivity index (χ3n) is 5.14. The minimum Gasteiger partial charge on any atom is -0.377 e. The van der Waals surface area contributed by atoms with Gasteiger partial charge < -0.3 is 10.5 Å². The summed E-state index contributed by atoms with van der Waals surface area (Å²) in [6, 6.07) is 0. The predicted molar refractivity (Wildman–Crippen MR) is 80.2 cm³/mol.